The minimum absolute atomic E-state index is 0.00680. The van der Waals surface area contributed by atoms with Crippen LogP contribution in [0.1, 0.15) is 23.2 Å². The van der Waals surface area contributed by atoms with Crippen molar-refractivity contribution in [2.45, 2.75) is 19.4 Å². The molecule has 1 aromatic heterocycles. The number of hydrogen-bond donors (Lipinski definition) is 1. The molecule has 1 aliphatic rings. The average molecular weight is 276 g/mol. The smallest absolute Gasteiger partial charge is 0.253 e. The van der Waals surface area contributed by atoms with E-state index in [1.54, 1.807) is 16.7 Å². The second-order valence-electron chi connectivity index (χ2n) is 5.21. The first-order valence-corrected chi connectivity index (χ1v) is 6.82. The second-order valence-corrected chi connectivity index (χ2v) is 5.21. The summed E-state index contributed by atoms with van der Waals surface area (Å²) in [5.41, 5.74) is 6.04. The van der Waals surface area contributed by atoms with Crippen LogP contribution in [0.25, 0.3) is 10.9 Å². The highest BCUT2D eigenvalue weighted by molar-refractivity contribution is 6.06. The molecular weight excluding hydrogens is 259 g/mol. The van der Waals surface area contributed by atoms with Gasteiger partial charge in [-0.15, -0.1) is 0 Å². The van der Waals surface area contributed by atoms with Crippen molar-refractivity contribution in [3.63, 3.8) is 0 Å². The Kier molecular flexibility index (Phi) is 3.44. The lowest BCUT2D eigenvalue weighted by Gasteiger charge is -2.23. The van der Waals surface area contributed by atoms with Gasteiger partial charge in [-0.05, 0) is 24.8 Å². The van der Waals surface area contributed by atoms with E-state index < -0.39 is 11.9 Å². The van der Waals surface area contributed by atoms with Gasteiger partial charge in [0.1, 0.15) is 5.56 Å². The Labute approximate surface area is 116 Å². The highest BCUT2D eigenvalue weighted by Gasteiger charge is 2.23. The number of aromatic nitrogens is 1. The Morgan fingerprint density at radius 3 is 2.75 bits per heavy atom. The van der Waals surface area contributed by atoms with Crippen molar-refractivity contribution < 1.29 is 13.9 Å². The molecule has 0 unspecified atom stereocenters. The van der Waals surface area contributed by atoms with Crippen molar-refractivity contribution in [2.24, 2.45) is 11.7 Å². The largest absolute Gasteiger partial charge is 0.381 e. The zero-order chi connectivity index (χ0) is 14.1. The molecule has 1 amide bonds. The Bertz CT molecular complexity index is 645. The highest BCUT2D eigenvalue weighted by Crippen LogP contribution is 2.27. The van der Waals surface area contributed by atoms with E-state index >= 15 is 0 Å². The molecule has 4 nitrogen and oxygen atoms in total. The number of benzene rings is 1. The van der Waals surface area contributed by atoms with E-state index in [2.05, 4.69) is 0 Å². The molecule has 0 aliphatic carbocycles. The predicted octanol–water partition coefficient (Wildman–Crippen LogP) is 2.31. The average Bonchev–Trinajstić information content (AvgIpc) is 2.73. The van der Waals surface area contributed by atoms with Gasteiger partial charge < -0.3 is 15.0 Å². The van der Waals surface area contributed by atoms with E-state index in [1.165, 1.54) is 0 Å². The van der Waals surface area contributed by atoms with E-state index in [4.69, 9.17) is 10.5 Å². The van der Waals surface area contributed by atoms with Crippen molar-refractivity contribution in [2.75, 3.05) is 13.2 Å². The van der Waals surface area contributed by atoms with Gasteiger partial charge >= 0.3 is 0 Å². The Morgan fingerprint density at radius 2 is 2.05 bits per heavy atom. The van der Waals surface area contributed by atoms with Crippen LogP contribution in [0, 0.1) is 11.9 Å². The molecule has 1 saturated heterocycles. The molecule has 0 radical (unpaired) electrons. The van der Waals surface area contributed by atoms with Gasteiger partial charge in [0.15, 0.2) is 0 Å². The summed E-state index contributed by atoms with van der Waals surface area (Å²) in [5, 5.41) is 0.588. The fourth-order valence-corrected chi connectivity index (χ4v) is 2.87. The van der Waals surface area contributed by atoms with Crippen LogP contribution in [0.15, 0.2) is 24.3 Å². The number of nitrogens with zero attached hydrogens (tertiary/aromatic N) is 1. The first kappa shape index (κ1) is 13.1. The van der Waals surface area contributed by atoms with E-state index in [0.717, 1.165) is 18.4 Å². The lowest BCUT2D eigenvalue weighted by Crippen LogP contribution is -2.21. The Morgan fingerprint density at radius 1 is 1.35 bits per heavy atom. The van der Waals surface area contributed by atoms with Crippen molar-refractivity contribution in [3.05, 3.63) is 35.8 Å². The first-order chi connectivity index (χ1) is 9.68. The molecule has 5 heteroatoms. The maximum Gasteiger partial charge on any atom is 0.253 e. The number of carbonyl (C=O) groups is 1. The molecule has 20 heavy (non-hydrogen) atoms. The summed E-state index contributed by atoms with van der Waals surface area (Å²) in [4.78, 5) is 11.5. The third-order valence-corrected chi connectivity index (χ3v) is 3.94. The van der Waals surface area contributed by atoms with Crippen molar-refractivity contribution >= 4 is 16.8 Å². The van der Waals surface area contributed by atoms with Gasteiger partial charge in [0, 0.05) is 25.1 Å². The normalized spacial score (nSPS) is 16.6. The first-order valence-electron chi connectivity index (χ1n) is 6.82. The van der Waals surface area contributed by atoms with Crippen LogP contribution in [0.2, 0.25) is 0 Å². The molecule has 1 aromatic carbocycles. The van der Waals surface area contributed by atoms with Gasteiger partial charge in [0.05, 0.1) is 5.52 Å². The Hall–Kier alpha value is -1.88. The minimum atomic E-state index is -0.718. The van der Waals surface area contributed by atoms with Gasteiger partial charge in [-0.1, -0.05) is 18.2 Å². The molecule has 0 bridgehead atoms. The van der Waals surface area contributed by atoms with E-state index in [9.17, 15) is 9.18 Å². The summed E-state index contributed by atoms with van der Waals surface area (Å²) < 4.78 is 21.4. The van der Waals surface area contributed by atoms with Gasteiger partial charge in [0.2, 0.25) is 5.95 Å². The van der Waals surface area contributed by atoms with Crippen LogP contribution < -0.4 is 5.73 Å². The number of primary amides is 1. The fourth-order valence-electron chi connectivity index (χ4n) is 2.87. The van der Waals surface area contributed by atoms with Crippen LogP contribution in [0.3, 0.4) is 0 Å². The minimum Gasteiger partial charge on any atom is -0.381 e. The summed E-state index contributed by atoms with van der Waals surface area (Å²) >= 11 is 0. The van der Waals surface area contributed by atoms with Gasteiger partial charge in [-0.3, -0.25) is 4.79 Å². The molecule has 1 fully saturated rings. The summed E-state index contributed by atoms with van der Waals surface area (Å²) in [6.45, 7) is 1.99. The molecular formula is C15H17FN2O2. The van der Waals surface area contributed by atoms with Gasteiger partial charge in [-0.25, -0.2) is 0 Å². The van der Waals surface area contributed by atoms with Gasteiger partial charge in [-0.2, -0.15) is 4.39 Å². The molecule has 106 valence electrons. The molecule has 2 N–H and O–H groups in total. The lowest BCUT2D eigenvalue weighted by molar-refractivity contribution is 0.0606. The summed E-state index contributed by atoms with van der Waals surface area (Å²) in [6, 6.07) is 7.18. The highest BCUT2D eigenvalue weighted by atomic mass is 19.1. The molecule has 1 aliphatic heterocycles. The number of amides is 1. The number of nitrogens with two attached hydrogens (primary N) is 1. The van der Waals surface area contributed by atoms with E-state index in [0.29, 0.717) is 31.1 Å². The topological polar surface area (TPSA) is 57.2 Å². The number of ether oxygens (including phenoxy) is 1. The lowest BCUT2D eigenvalue weighted by atomic mass is 10.0. The number of rotatable bonds is 3. The monoisotopic (exact) mass is 276 g/mol. The number of halogens is 1. The van der Waals surface area contributed by atoms with Crippen LogP contribution >= 0.6 is 0 Å². The summed E-state index contributed by atoms with van der Waals surface area (Å²) in [7, 11) is 0. The van der Waals surface area contributed by atoms with Crippen LogP contribution in [-0.2, 0) is 11.3 Å². The van der Waals surface area contributed by atoms with Gasteiger partial charge in [0.25, 0.3) is 5.91 Å². The van der Waals surface area contributed by atoms with Crippen molar-refractivity contribution in [1.29, 1.82) is 0 Å². The second kappa shape index (κ2) is 5.25. The number of para-hydroxylation sites is 1. The molecule has 2 heterocycles. The maximum atomic E-state index is 14.5. The van der Waals surface area contributed by atoms with Crippen LogP contribution in [0.5, 0.6) is 0 Å². The zero-order valence-corrected chi connectivity index (χ0v) is 11.1. The van der Waals surface area contributed by atoms with E-state index in [-0.39, 0.29) is 5.56 Å². The maximum absolute atomic E-state index is 14.5. The molecule has 0 spiro atoms. The summed E-state index contributed by atoms with van der Waals surface area (Å²) in [6.07, 6.45) is 1.83. The van der Waals surface area contributed by atoms with E-state index in [1.807, 2.05) is 12.1 Å². The van der Waals surface area contributed by atoms with Crippen molar-refractivity contribution in [1.82, 2.24) is 4.57 Å². The number of fused-ring (bicyclic) bond motifs is 1. The predicted molar refractivity (Wildman–Crippen MR) is 74.0 cm³/mol. The third-order valence-electron chi connectivity index (χ3n) is 3.94. The fraction of sp³-hybridized carbons (Fsp3) is 0.400. The molecule has 0 saturated carbocycles. The number of hydrogen-bond acceptors (Lipinski definition) is 2. The summed E-state index contributed by atoms with van der Waals surface area (Å²) in [5.74, 6) is -0.871. The van der Waals surface area contributed by atoms with Crippen LogP contribution in [-0.4, -0.2) is 23.7 Å². The van der Waals surface area contributed by atoms with Crippen molar-refractivity contribution in [3.8, 4) is 0 Å². The molecule has 0 atom stereocenters. The standard InChI is InChI=1S/C15H17FN2O2/c16-14-13(15(17)19)11-3-1-2-4-12(11)18(14)9-10-5-7-20-8-6-10/h1-4,10H,5-9H2,(H2,17,19). The van der Waals surface area contributed by atoms with Crippen LogP contribution in [0.4, 0.5) is 4.39 Å². The Balaban J connectivity index is 2.05. The molecule has 3 rings (SSSR count). The number of carbonyl (C=O) groups excluding carboxylic acids is 1. The quantitative estimate of drug-likeness (QED) is 0.935. The molecule has 2 aromatic rings. The SMILES string of the molecule is NC(=O)c1c(F)n(CC2CCOCC2)c2ccccc12. The third kappa shape index (κ3) is 2.18. The zero-order valence-electron chi connectivity index (χ0n) is 11.1.